The monoisotopic (exact) mass is 197 g/mol. The first-order chi connectivity index (χ1) is 6.66. The van der Waals surface area contributed by atoms with Crippen molar-refractivity contribution >= 4 is 0 Å². The van der Waals surface area contributed by atoms with Crippen molar-refractivity contribution in [1.82, 2.24) is 4.90 Å². The lowest BCUT2D eigenvalue weighted by Gasteiger charge is -2.37. The van der Waals surface area contributed by atoms with Crippen LogP contribution < -0.4 is 0 Å². The molecule has 0 radical (unpaired) electrons. The van der Waals surface area contributed by atoms with Gasteiger partial charge in [-0.3, -0.25) is 0 Å². The highest BCUT2D eigenvalue weighted by atomic mass is 16.5. The Morgan fingerprint density at radius 1 is 1.50 bits per heavy atom. The Hall–Kier alpha value is -0.640. The molecule has 1 aliphatic heterocycles. The first-order valence-electron chi connectivity index (χ1n) is 4.97. The molecule has 0 spiro atoms. The maximum atomic E-state index is 9.62. The second-order valence-electron chi connectivity index (χ2n) is 3.61. The number of hydrogen-bond acceptors (Lipinski definition) is 3. The van der Waals surface area contributed by atoms with Crippen molar-refractivity contribution in [2.24, 2.45) is 0 Å². The average molecular weight is 197 g/mol. The van der Waals surface area contributed by atoms with Crippen molar-refractivity contribution in [2.75, 3.05) is 13.2 Å². The van der Waals surface area contributed by atoms with Gasteiger partial charge < -0.3 is 9.84 Å². The summed E-state index contributed by atoms with van der Waals surface area (Å²) in [7, 11) is 0. The third kappa shape index (κ3) is 2.05. The van der Waals surface area contributed by atoms with Crippen LogP contribution in [0.2, 0.25) is 0 Å². The minimum atomic E-state index is -0.489. The van der Waals surface area contributed by atoms with Crippen molar-refractivity contribution in [3.8, 4) is 0 Å². The molecule has 1 fully saturated rings. The van der Waals surface area contributed by atoms with E-state index in [4.69, 9.17) is 4.74 Å². The molecule has 80 valence electrons. The molecule has 0 amide bonds. The maximum Gasteiger partial charge on any atom is 0.130 e. The smallest absolute Gasteiger partial charge is 0.130 e. The van der Waals surface area contributed by atoms with Gasteiger partial charge in [0.1, 0.15) is 12.0 Å². The van der Waals surface area contributed by atoms with Crippen molar-refractivity contribution in [1.29, 1.82) is 0 Å². The molecule has 1 rings (SSSR count). The van der Waals surface area contributed by atoms with Gasteiger partial charge in [0.2, 0.25) is 0 Å². The predicted molar refractivity (Wildman–Crippen MR) is 56.7 cm³/mol. The molecule has 0 bridgehead atoms. The van der Waals surface area contributed by atoms with E-state index >= 15 is 0 Å². The molecule has 1 heterocycles. The van der Waals surface area contributed by atoms with Crippen LogP contribution in [-0.4, -0.2) is 35.1 Å². The van der Waals surface area contributed by atoms with Gasteiger partial charge in [-0.05, 0) is 6.92 Å². The highest BCUT2D eigenvalue weighted by Crippen LogP contribution is 2.32. The van der Waals surface area contributed by atoms with Crippen LogP contribution in [0.25, 0.3) is 0 Å². The fraction of sp³-hybridized carbons (Fsp3) is 0.636. The lowest BCUT2D eigenvalue weighted by atomic mass is 10.0. The van der Waals surface area contributed by atoms with Gasteiger partial charge in [0, 0.05) is 19.4 Å². The Morgan fingerprint density at radius 3 is 2.50 bits per heavy atom. The van der Waals surface area contributed by atoms with Gasteiger partial charge in [0.05, 0.1) is 6.61 Å². The normalized spacial score (nSPS) is 23.3. The van der Waals surface area contributed by atoms with Gasteiger partial charge in [-0.15, -0.1) is 13.2 Å². The summed E-state index contributed by atoms with van der Waals surface area (Å²) in [6, 6.07) is 0. The summed E-state index contributed by atoms with van der Waals surface area (Å²) < 4.78 is 5.72. The average Bonchev–Trinajstić information content (AvgIpc) is 2.50. The molecule has 0 aromatic carbocycles. The van der Waals surface area contributed by atoms with Crippen LogP contribution in [-0.2, 0) is 4.74 Å². The number of nitrogens with zero attached hydrogens (tertiary/aromatic N) is 1. The number of aliphatic hydroxyl groups is 1. The summed E-state index contributed by atoms with van der Waals surface area (Å²) in [5.74, 6) is 0. The molecule has 0 saturated carbocycles. The van der Waals surface area contributed by atoms with Gasteiger partial charge >= 0.3 is 0 Å². The first kappa shape index (κ1) is 11.4. The quantitative estimate of drug-likeness (QED) is 0.678. The largest absolute Gasteiger partial charge is 0.379 e. The minimum Gasteiger partial charge on any atom is -0.379 e. The van der Waals surface area contributed by atoms with Crippen molar-refractivity contribution in [3.63, 3.8) is 0 Å². The zero-order valence-corrected chi connectivity index (χ0v) is 8.78. The second kappa shape index (κ2) is 4.73. The van der Waals surface area contributed by atoms with E-state index < -0.39 is 12.0 Å². The van der Waals surface area contributed by atoms with E-state index in [1.54, 1.807) is 6.92 Å². The molecule has 1 aliphatic rings. The number of rotatable bonds is 5. The molecule has 1 atom stereocenters. The van der Waals surface area contributed by atoms with E-state index in [1.807, 2.05) is 17.1 Å². The standard InChI is InChI=1S/C11H19NO2/c1-4-6-11(7-5-2)12(10(3)13)8-9-14-11/h4-5,10,13H,1-2,6-9H2,3H3. The van der Waals surface area contributed by atoms with Crippen LogP contribution in [0.3, 0.4) is 0 Å². The van der Waals surface area contributed by atoms with Crippen molar-refractivity contribution < 1.29 is 9.84 Å². The van der Waals surface area contributed by atoms with Crippen LogP contribution >= 0.6 is 0 Å². The Morgan fingerprint density at radius 2 is 2.07 bits per heavy atom. The summed E-state index contributed by atoms with van der Waals surface area (Å²) in [4.78, 5) is 1.95. The predicted octanol–water partition coefficient (Wildman–Crippen LogP) is 1.51. The third-order valence-corrected chi connectivity index (χ3v) is 2.60. The van der Waals surface area contributed by atoms with Gasteiger partial charge in [0.15, 0.2) is 0 Å². The Kier molecular flexibility index (Phi) is 3.86. The molecule has 14 heavy (non-hydrogen) atoms. The third-order valence-electron chi connectivity index (χ3n) is 2.60. The SMILES string of the molecule is C=CCC1(CC=C)OCCN1C(C)O. The highest BCUT2D eigenvalue weighted by molar-refractivity contribution is 4.96. The minimum absolute atomic E-state index is 0.419. The topological polar surface area (TPSA) is 32.7 Å². The van der Waals surface area contributed by atoms with Crippen LogP contribution in [0.1, 0.15) is 19.8 Å². The zero-order chi connectivity index (χ0) is 10.6. The number of aliphatic hydroxyl groups excluding tert-OH is 1. The summed E-state index contributed by atoms with van der Waals surface area (Å²) in [6.45, 7) is 10.6. The van der Waals surface area contributed by atoms with Crippen LogP contribution in [0.15, 0.2) is 25.3 Å². The van der Waals surface area contributed by atoms with E-state index in [0.29, 0.717) is 19.4 Å². The molecule has 1 N–H and O–H groups in total. The van der Waals surface area contributed by atoms with Crippen LogP contribution in [0, 0.1) is 0 Å². The zero-order valence-electron chi connectivity index (χ0n) is 8.78. The molecule has 0 aromatic rings. The Balaban J connectivity index is 2.82. The summed E-state index contributed by atoms with van der Waals surface area (Å²) in [5, 5.41) is 9.62. The van der Waals surface area contributed by atoms with E-state index in [1.165, 1.54) is 0 Å². The molecule has 0 aromatic heterocycles. The maximum absolute atomic E-state index is 9.62. The van der Waals surface area contributed by atoms with Gasteiger partial charge in [0.25, 0.3) is 0 Å². The molecule has 1 saturated heterocycles. The number of hydrogen-bond donors (Lipinski definition) is 1. The molecule has 1 unspecified atom stereocenters. The van der Waals surface area contributed by atoms with E-state index in [2.05, 4.69) is 13.2 Å². The van der Waals surface area contributed by atoms with E-state index in [0.717, 1.165) is 6.54 Å². The molecular formula is C11H19NO2. The number of ether oxygens (including phenoxy) is 1. The molecule has 3 nitrogen and oxygen atoms in total. The van der Waals surface area contributed by atoms with Crippen molar-refractivity contribution in [3.05, 3.63) is 25.3 Å². The summed E-state index contributed by atoms with van der Waals surface area (Å²) >= 11 is 0. The lowest BCUT2D eigenvalue weighted by Crippen LogP contribution is -2.48. The molecule has 0 aliphatic carbocycles. The fourth-order valence-electron chi connectivity index (χ4n) is 2.03. The van der Waals surface area contributed by atoms with Gasteiger partial charge in [-0.2, -0.15) is 0 Å². The van der Waals surface area contributed by atoms with Crippen molar-refractivity contribution in [2.45, 2.75) is 31.7 Å². The van der Waals surface area contributed by atoms with Crippen LogP contribution in [0.4, 0.5) is 0 Å². The summed E-state index contributed by atoms with van der Waals surface area (Å²) in [6.07, 6.45) is 4.58. The Bertz CT molecular complexity index is 203. The second-order valence-corrected chi connectivity index (χ2v) is 3.61. The summed E-state index contributed by atoms with van der Waals surface area (Å²) in [5.41, 5.74) is -0.419. The van der Waals surface area contributed by atoms with Gasteiger partial charge in [-0.25, -0.2) is 4.90 Å². The first-order valence-corrected chi connectivity index (χ1v) is 4.97. The highest BCUT2D eigenvalue weighted by Gasteiger charge is 2.42. The Labute approximate surface area is 85.7 Å². The van der Waals surface area contributed by atoms with E-state index in [9.17, 15) is 5.11 Å². The van der Waals surface area contributed by atoms with Crippen LogP contribution in [0.5, 0.6) is 0 Å². The van der Waals surface area contributed by atoms with E-state index in [-0.39, 0.29) is 0 Å². The van der Waals surface area contributed by atoms with Gasteiger partial charge in [-0.1, -0.05) is 12.2 Å². The molecule has 3 heteroatoms. The molecular weight excluding hydrogens is 178 g/mol. The fourth-order valence-corrected chi connectivity index (χ4v) is 2.03. The lowest BCUT2D eigenvalue weighted by molar-refractivity contribution is -0.133.